The van der Waals surface area contributed by atoms with Crippen molar-refractivity contribution in [2.45, 2.75) is 38.6 Å². The van der Waals surface area contributed by atoms with Gasteiger partial charge in [-0.15, -0.1) is 5.10 Å². The van der Waals surface area contributed by atoms with Crippen molar-refractivity contribution in [3.05, 3.63) is 65.6 Å². The van der Waals surface area contributed by atoms with E-state index >= 15 is 0 Å². The fraction of sp³-hybridized carbons (Fsp3) is 0.333. The van der Waals surface area contributed by atoms with E-state index in [9.17, 15) is 0 Å². The van der Waals surface area contributed by atoms with E-state index in [-0.39, 0.29) is 0 Å². The van der Waals surface area contributed by atoms with Crippen LogP contribution in [0.3, 0.4) is 0 Å². The van der Waals surface area contributed by atoms with Crippen LogP contribution >= 0.6 is 0 Å². The van der Waals surface area contributed by atoms with Gasteiger partial charge in [-0.25, -0.2) is 9.36 Å². The Hall–Kier alpha value is -3.98. The number of H-pyrrole nitrogens is 1. The molecule has 5 aromatic rings. The van der Waals surface area contributed by atoms with Crippen molar-refractivity contribution >= 4 is 22.5 Å². The van der Waals surface area contributed by atoms with E-state index in [0.29, 0.717) is 11.7 Å². The lowest BCUT2D eigenvalue weighted by Gasteiger charge is -2.23. The van der Waals surface area contributed by atoms with Crippen LogP contribution in [-0.4, -0.2) is 52.7 Å². The van der Waals surface area contributed by atoms with E-state index < -0.39 is 0 Å². The summed E-state index contributed by atoms with van der Waals surface area (Å²) in [4.78, 5) is 7.26. The number of hydrogen-bond donors (Lipinski definition) is 2. The standard InChI is InChI=1S/C27H29N9/c1-3-35-13-12-19-15-36(32-24(19)16-35)20-8-6-18(7-9-20)26-30-27(34(2)33-26)29-23-11-10-22-21(14-28-31-22)25(23)17-4-5-17/h6-11,14-15,17H,3-5,12-13,16H2,1-2H3,(H,28,31)(H,29,30,33). The van der Waals surface area contributed by atoms with Crippen LogP contribution in [0, 0.1) is 0 Å². The molecular formula is C27H29N9. The maximum absolute atomic E-state index is 4.85. The molecule has 2 aliphatic rings. The van der Waals surface area contributed by atoms with Gasteiger partial charge in [0, 0.05) is 43.0 Å². The molecule has 1 fully saturated rings. The van der Waals surface area contributed by atoms with E-state index in [2.05, 4.69) is 75.0 Å². The molecule has 182 valence electrons. The number of hydrogen-bond acceptors (Lipinski definition) is 6. The van der Waals surface area contributed by atoms with Gasteiger partial charge < -0.3 is 5.32 Å². The molecule has 2 N–H and O–H groups in total. The quantitative estimate of drug-likeness (QED) is 0.371. The van der Waals surface area contributed by atoms with Crippen molar-refractivity contribution < 1.29 is 0 Å². The van der Waals surface area contributed by atoms with Crippen LogP contribution in [0.1, 0.15) is 42.5 Å². The normalized spacial score (nSPS) is 15.9. The van der Waals surface area contributed by atoms with Gasteiger partial charge in [-0.05, 0) is 79.3 Å². The predicted octanol–water partition coefficient (Wildman–Crippen LogP) is 4.54. The van der Waals surface area contributed by atoms with Gasteiger partial charge >= 0.3 is 0 Å². The summed E-state index contributed by atoms with van der Waals surface area (Å²) in [6.07, 6.45) is 7.59. The fourth-order valence-electron chi connectivity index (χ4n) is 5.22. The number of nitrogens with one attached hydrogen (secondary N) is 2. The lowest BCUT2D eigenvalue weighted by molar-refractivity contribution is 0.264. The van der Waals surface area contributed by atoms with Gasteiger partial charge in [0.2, 0.25) is 5.95 Å². The summed E-state index contributed by atoms with van der Waals surface area (Å²) in [5, 5.41) is 21.6. The summed E-state index contributed by atoms with van der Waals surface area (Å²) < 4.78 is 3.80. The highest BCUT2D eigenvalue weighted by molar-refractivity contribution is 5.89. The second kappa shape index (κ2) is 8.30. The first kappa shape index (κ1) is 21.3. The Morgan fingerprint density at radius 2 is 1.94 bits per heavy atom. The number of nitrogens with zero attached hydrogens (tertiary/aromatic N) is 7. The number of aromatic nitrogens is 7. The zero-order chi connectivity index (χ0) is 24.2. The maximum Gasteiger partial charge on any atom is 0.225 e. The Balaban J connectivity index is 1.14. The van der Waals surface area contributed by atoms with Crippen LogP contribution in [-0.2, 0) is 20.0 Å². The summed E-state index contributed by atoms with van der Waals surface area (Å²) in [5.41, 5.74) is 8.03. The Labute approximate surface area is 209 Å². The van der Waals surface area contributed by atoms with Crippen molar-refractivity contribution in [1.82, 2.24) is 39.6 Å². The summed E-state index contributed by atoms with van der Waals surface area (Å²) in [6.45, 7) is 5.31. The van der Waals surface area contributed by atoms with Crippen LogP contribution in [0.4, 0.5) is 11.6 Å². The highest BCUT2D eigenvalue weighted by Gasteiger charge is 2.29. The molecule has 9 nitrogen and oxygen atoms in total. The molecule has 4 heterocycles. The molecule has 1 saturated carbocycles. The Morgan fingerprint density at radius 3 is 2.75 bits per heavy atom. The summed E-state index contributed by atoms with van der Waals surface area (Å²) in [7, 11) is 1.92. The van der Waals surface area contributed by atoms with Crippen LogP contribution in [0.15, 0.2) is 48.8 Å². The first-order chi connectivity index (χ1) is 17.7. The lowest BCUT2D eigenvalue weighted by Crippen LogP contribution is -2.29. The summed E-state index contributed by atoms with van der Waals surface area (Å²) >= 11 is 0. The van der Waals surface area contributed by atoms with Gasteiger partial charge in [0.05, 0.1) is 23.1 Å². The van der Waals surface area contributed by atoms with Crippen molar-refractivity contribution in [3.8, 4) is 17.1 Å². The Morgan fingerprint density at radius 1 is 1.08 bits per heavy atom. The molecule has 36 heavy (non-hydrogen) atoms. The molecule has 1 aliphatic carbocycles. The largest absolute Gasteiger partial charge is 0.324 e. The molecule has 0 unspecified atom stereocenters. The average Bonchev–Trinajstić information content (AvgIpc) is 3.30. The zero-order valence-corrected chi connectivity index (χ0v) is 20.6. The first-order valence-corrected chi connectivity index (χ1v) is 12.7. The molecule has 0 bridgehead atoms. The highest BCUT2D eigenvalue weighted by atomic mass is 15.4. The van der Waals surface area contributed by atoms with Crippen LogP contribution < -0.4 is 5.32 Å². The topological polar surface area (TPSA) is 92.5 Å². The molecule has 3 aromatic heterocycles. The van der Waals surface area contributed by atoms with Gasteiger partial charge in [0.1, 0.15) is 0 Å². The maximum atomic E-state index is 4.85. The van der Waals surface area contributed by atoms with Crippen LogP contribution in [0.2, 0.25) is 0 Å². The SMILES string of the molecule is CCN1CCc2cn(-c3ccc(-c4nc(Nc5ccc6[nH]ncc6c5C5CC5)n(C)n4)cc3)nc2C1. The molecule has 9 heteroatoms. The minimum Gasteiger partial charge on any atom is -0.324 e. The van der Waals surface area contributed by atoms with E-state index in [1.165, 1.54) is 35.0 Å². The Kier molecular flexibility index (Phi) is 4.92. The van der Waals surface area contributed by atoms with E-state index in [1.807, 2.05) is 17.9 Å². The molecule has 2 aromatic carbocycles. The monoisotopic (exact) mass is 479 g/mol. The number of rotatable bonds is 6. The third-order valence-electron chi connectivity index (χ3n) is 7.45. The second-order valence-corrected chi connectivity index (χ2v) is 9.85. The molecule has 0 spiro atoms. The van der Waals surface area contributed by atoms with E-state index in [0.717, 1.165) is 54.5 Å². The third kappa shape index (κ3) is 3.67. The van der Waals surface area contributed by atoms with Crippen LogP contribution in [0.5, 0.6) is 0 Å². The van der Waals surface area contributed by atoms with E-state index in [4.69, 9.17) is 10.1 Å². The van der Waals surface area contributed by atoms with Gasteiger partial charge in [-0.1, -0.05) is 6.92 Å². The molecular weight excluding hydrogens is 450 g/mol. The molecule has 0 amide bonds. The molecule has 0 atom stereocenters. The zero-order valence-electron chi connectivity index (χ0n) is 20.6. The van der Waals surface area contributed by atoms with E-state index in [1.54, 1.807) is 4.68 Å². The van der Waals surface area contributed by atoms with Gasteiger partial charge in [-0.3, -0.25) is 10.00 Å². The van der Waals surface area contributed by atoms with Gasteiger partial charge in [-0.2, -0.15) is 15.2 Å². The number of aromatic amines is 1. The molecule has 7 rings (SSSR count). The number of benzene rings is 2. The number of likely N-dealkylation sites (N-methyl/N-ethyl adjacent to an activating group) is 1. The van der Waals surface area contributed by atoms with Crippen molar-refractivity contribution in [2.75, 3.05) is 18.4 Å². The first-order valence-electron chi connectivity index (χ1n) is 12.7. The number of fused-ring (bicyclic) bond motifs is 2. The molecule has 0 saturated heterocycles. The van der Waals surface area contributed by atoms with Crippen molar-refractivity contribution in [1.29, 1.82) is 0 Å². The fourth-order valence-corrected chi connectivity index (χ4v) is 5.22. The third-order valence-corrected chi connectivity index (χ3v) is 7.45. The number of anilines is 2. The highest BCUT2D eigenvalue weighted by Crippen LogP contribution is 2.47. The van der Waals surface area contributed by atoms with Crippen molar-refractivity contribution in [3.63, 3.8) is 0 Å². The average molecular weight is 480 g/mol. The van der Waals surface area contributed by atoms with Gasteiger partial charge in [0.15, 0.2) is 5.82 Å². The summed E-state index contributed by atoms with van der Waals surface area (Å²) in [5.74, 6) is 1.99. The van der Waals surface area contributed by atoms with Crippen LogP contribution in [0.25, 0.3) is 28.0 Å². The Bertz CT molecular complexity index is 1550. The minimum atomic E-state index is 0.576. The molecule has 1 aliphatic heterocycles. The molecule has 0 radical (unpaired) electrons. The van der Waals surface area contributed by atoms with Gasteiger partial charge in [0.25, 0.3) is 0 Å². The second-order valence-electron chi connectivity index (χ2n) is 9.85. The smallest absolute Gasteiger partial charge is 0.225 e. The predicted molar refractivity (Wildman–Crippen MR) is 140 cm³/mol. The lowest BCUT2D eigenvalue weighted by atomic mass is 10.0. The number of aryl methyl sites for hydroxylation is 1. The summed E-state index contributed by atoms with van der Waals surface area (Å²) in [6, 6.07) is 12.5. The minimum absolute atomic E-state index is 0.576. The van der Waals surface area contributed by atoms with Crippen molar-refractivity contribution in [2.24, 2.45) is 7.05 Å².